The number of fused-ring (bicyclic) bond motifs is 1. The van der Waals surface area contributed by atoms with Crippen molar-refractivity contribution in [3.8, 4) is 0 Å². The predicted molar refractivity (Wildman–Crippen MR) is 132 cm³/mol. The van der Waals surface area contributed by atoms with Gasteiger partial charge in [0.25, 0.3) is 0 Å². The number of carbonyl (C=O) groups is 1. The molecule has 4 heterocycles. The number of hydrogen-bond donors (Lipinski definition) is 0. The van der Waals surface area contributed by atoms with Crippen LogP contribution in [0.4, 0.5) is 11.5 Å². The molecule has 1 aromatic carbocycles. The molecule has 2 aromatic heterocycles. The van der Waals surface area contributed by atoms with Gasteiger partial charge in [0.2, 0.25) is 0 Å². The van der Waals surface area contributed by atoms with Crippen molar-refractivity contribution in [1.82, 2.24) is 14.5 Å². The Morgan fingerprint density at radius 1 is 0.879 bits per heavy atom. The lowest BCUT2D eigenvalue weighted by Gasteiger charge is -2.36. The molecule has 0 bridgehead atoms. The largest absolute Gasteiger partial charge is 0.462 e. The van der Waals surface area contributed by atoms with Crippen molar-refractivity contribution in [2.24, 2.45) is 0 Å². The average molecular weight is 448 g/mol. The zero-order chi connectivity index (χ0) is 22.6. The molecule has 0 spiro atoms. The van der Waals surface area contributed by atoms with Crippen LogP contribution < -0.4 is 9.80 Å². The lowest BCUT2D eigenvalue weighted by atomic mass is 10.2. The van der Waals surface area contributed by atoms with Gasteiger partial charge >= 0.3 is 5.97 Å². The van der Waals surface area contributed by atoms with E-state index in [4.69, 9.17) is 9.72 Å². The van der Waals surface area contributed by atoms with Crippen LogP contribution in [0.3, 0.4) is 0 Å². The quantitative estimate of drug-likeness (QED) is 0.516. The lowest BCUT2D eigenvalue weighted by Crippen LogP contribution is -2.46. The minimum absolute atomic E-state index is 0.263. The molecule has 0 unspecified atom stereocenters. The molecule has 0 saturated carbocycles. The first kappa shape index (κ1) is 21.8. The summed E-state index contributed by atoms with van der Waals surface area (Å²) in [7, 11) is 0. The van der Waals surface area contributed by atoms with Crippen LogP contribution in [-0.2, 0) is 11.3 Å². The molecule has 2 aliphatic rings. The normalized spacial score (nSPS) is 17.1. The van der Waals surface area contributed by atoms with Crippen molar-refractivity contribution in [2.75, 3.05) is 62.2 Å². The number of carbonyl (C=O) groups excluding carboxylic acids is 1. The lowest BCUT2D eigenvalue weighted by molar-refractivity contribution is 0.0526. The molecule has 5 rings (SSSR count). The minimum atomic E-state index is -0.263. The molecule has 2 saturated heterocycles. The van der Waals surface area contributed by atoms with Gasteiger partial charge in [0.05, 0.1) is 12.2 Å². The maximum absolute atomic E-state index is 11.9. The topological polar surface area (TPSA) is 53.8 Å². The van der Waals surface area contributed by atoms with Gasteiger partial charge < -0.3 is 24.0 Å². The van der Waals surface area contributed by atoms with E-state index in [1.807, 2.05) is 31.2 Å². The summed E-state index contributed by atoms with van der Waals surface area (Å²) in [5.74, 6) is 0.793. The van der Waals surface area contributed by atoms with Crippen molar-refractivity contribution in [3.63, 3.8) is 0 Å². The zero-order valence-corrected chi connectivity index (χ0v) is 19.4. The van der Waals surface area contributed by atoms with Crippen molar-refractivity contribution < 1.29 is 9.53 Å². The van der Waals surface area contributed by atoms with E-state index in [-0.39, 0.29) is 5.97 Å². The molecule has 0 amide bonds. The summed E-state index contributed by atoms with van der Waals surface area (Å²) < 4.78 is 7.38. The van der Waals surface area contributed by atoms with Crippen LogP contribution in [0.15, 0.2) is 48.7 Å². The van der Waals surface area contributed by atoms with E-state index >= 15 is 0 Å². The van der Waals surface area contributed by atoms with E-state index in [2.05, 4.69) is 43.7 Å². The molecule has 2 fully saturated rings. The van der Waals surface area contributed by atoms with Crippen LogP contribution in [0.2, 0.25) is 0 Å². The predicted octanol–water partition coefficient (Wildman–Crippen LogP) is 3.64. The molecule has 0 radical (unpaired) electrons. The van der Waals surface area contributed by atoms with Crippen LogP contribution >= 0.6 is 0 Å². The molecule has 7 heteroatoms. The third kappa shape index (κ3) is 4.83. The van der Waals surface area contributed by atoms with Crippen molar-refractivity contribution in [3.05, 3.63) is 54.2 Å². The Bertz CT molecular complexity index is 1080. The molecule has 0 atom stereocenters. The molecule has 2 aliphatic heterocycles. The highest BCUT2D eigenvalue weighted by Gasteiger charge is 2.20. The Morgan fingerprint density at radius 3 is 2.33 bits per heavy atom. The highest BCUT2D eigenvalue weighted by atomic mass is 16.5. The number of piperazine rings is 1. The summed E-state index contributed by atoms with van der Waals surface area (Å²) in [5, 5.41) is 1.21. The highest BCUT2D eigenvalue weighted by molar-refractivity contribution is 5.89. The number of pyridine rings is 1. The van der Waals surface area contributed by atoms with E-state index in [0.29, 0.717) is 12.2 Å². The highest BCUT2D eigenvalue weighted by Crippen LogP contribution is 2.23. The van der Waals surface area contributed by atoms with Crippen molar-refractivity contribution in [1.29, 1.82) is 0 Å². The summed E-state index contributed by atoms with van der Waals surface area (Å²) in [4.78, 5) is 24.2. The van der Waals surface area contributed by atoms with E-state index in [1.165, 1.54) is 31.3 Å². The van der Waals surface area contributed by atoms with Gasteiger partial charge in [0, 0.05) is 56.5 Å². The van der Waals surface area contributed by atoms with Gasteiger partial charge in [-0.15, -0.1) is 0 Å². The molecule has 7 nitrogen and oxygen atoms in total. The van der Waals surface area contributed by atoms with Crippen LogP contribution in [0.1, 0.15) is 30.1 Å². The fourth-order valence-corrected chi connectivity index (χ4v) is 4.88. The van der Waals surface area contributed by atoms with E-state index in [0.717, 1.165) is 56.4 Å². The van der Waals surface area contributed by atoms with Crippen molar-refractivity contribution >= 4 is 28.5 Å². The zero-order valence-electron chi connectivity index (χ0n) is 19.4. The molecule has 0 N–H and O–H groups in total. The number of likely N-dealkylation sites (tertiary alicyclic amines) is 1. The number of esters is 1. The van der Waals surface area contributed by atoms with Crippen molar-refractivity contribution in [2.45, 2.75) is 26.3 Å². The Labute approximate surface area is 195 Å². The van der Waals surface area contributed by atoms with Gasteiger partial charge in [0.15, 0.2) is 0 Å². The Morgan fingerprint density at radius 2 is 1.61 bits per heavy atom. The smallest absolute Gasteiger partial charge is 0.338 e. The summed E-state index contributed by atoms with van der Waals surface area (Å²) in [6.07, 6.45) is 4.84. The third-order valence-corrected chi connectivity index (χ3v) is 6.80. The number of rotatable bonds is 7. The first-order valence-corrected chi connectivity index (χ1v) is 12.2. The standard InChI is InChI=1S/C26H33N5O2/c1-2-33-26(32)22-5-8-23(9-6-22)29-17-19-30(20-18-29)24-10-7-21-11-14-31(25(21)27-24)16-15-28-12-3-4-13-28/h5-11,14H,2-4,12-13,15-20H2,1H3. The number of ether oxygens (including phenoxy) is 1. The molecular weight excluding hydrogens is 414 g/mol. The molecular formula is C26H33N5O2. The molecule has 0 aliphatic carbocycles. The second kappa shape index (κ2) is 9.83. The van der Waals surface area contributed by atoms with Crippen LogP contribution in [-0.4, -0.2) is 72.8 Å². The number of aromatic nitrogens is 2. The first-order valence-electron chi connectivity index (χ1n) is 12.2. The van der Waals surface area contributed by atoms with Crippen LogP contribution in [0.25, 0.3) is 11.0 Å². The second-order valence-corrected chi connectivity index (χ2v) is 8.88. The van der Waals surface area contributed by atoms with E-state index in [1.54, 1.807) is 0 Å². The fraction of sp³-hybridized carbons (Fsp3) is 0.462. The maximum Gasteiger partial charge on any atom is 0.338 e. The molecule has 33 heavy (non-hydrogen) atoms. The maximum atomic E-state index is 11.9. The SMILES string of the molecule is CCOC(=O)c1ccc(N2CCN(c3ccc4ccn(CCN5CCCC5)c4n3)CC2)cc1. The Hall–Kier alpha value is -3.06. The van der Waals surface area contributed by atoms with E-state index < -0.39 is 0 Å². The molecule has 174 valence electrons. The van der Waals surface area contributed by atoms with Crippen LogP contribution in [0.5, 0.6) is 0 Å². The summed E-state index contributed by atoms with van der Waals surface area (Å²) in [6.45, 7) is 10.5. The minimum Gasteiger partial charge on any atom is -0.462 e. The third-order valence-electron chi connectivity index (χ3n) is 6.80. The summed E-state index contributed by atoms with van der Waals surface area (Å²) in [6, 6.07) is 14.3. The fourth-order valence-electron chi connectivity index (χ4n) is 4.88. The van der Waals surface area contributed by atoms with Crippen LogP contribution in [0, 0.1) is 0 Å². The summed E-state index contributed by atoms with van der Waals surface area (Å²) in [5.41, 5.74) is 2.83. The van der Waals surface area contributed by atoms with Gasteiger partial charge in [-0.1, -0.05) is 0 Å². The number of hydrogen-bond acceptors (Lipinski definition) is 6. The van der Waals surface area contributed by atoms with Gasteiger partial charge in [-0.3, -0.25) is 0 Å². The van der Waals surface area contributed by atoms with Gasteiger partial charge in [-0.05, 0) is 75.3 Å². The number of benzene rings is 1. The van der Waals surface area contributed by atoms with Gasteiger partial charge in [-0.2, -0.15) is 0 Å². The summed E-state index contributed by atoms with van der Waals surface area (Å²) >= 11 is 0. The van der Waals surface area contributed by atoms with Gasteiger partial charge in [0.1, 0.15) is 11.5 Å². The Kier molecular flexibility index (Phi) is 6.48. The van der Waals surface area contributed by atoms with E-state index in [9.17, 15) is 4.79 Å². The number of nitrogens with zero attached hydrogens (tertiary/aromatic N) is 5. The number of anilines is 2. The average Bonchev–Trinajstić information content (AvgIpc) is 3.52. The van der Waals surface area contributed by atoms with Gasteiger partial charge in [-0.25, -0.2) is 9.78 Å². The molecule has 3 aromatic rings. The second-order valence-electron chi connectivity index (χ2n) is 8.88. The first-order chi connectivity index (χ1) is 16.2. The monoisotopic (exact) mass is 447 g/mol. The Balaban J connectivity index is 1.21.